The number of thioether (sulfide) groups is 1. The molecule has 222 valence electrons. The van der Waals surface area contributed by atoms with E-state index in [2.05, 4.69) is 4.99 Å². The van der Waals surface area contributed by atoms with Gasteiger partial charge in [0.05, 0.1) is 91.5 Å². The van der Waals surface area contributed by atoms with Crippen LogP contribution in [-0.2, 0) is 38.0 Å². The summed E-state index contributed by atoms with van der Waals surface area (Å²) in [7, 11) is 1.63. The molecule has 1 aromatic carbocycles. The first-order chi connectivity index (χ1) is 19.0. The SMILES string of the molecule is COCCOCCOCCOCCOCCOCCOCCOc1cccc(O)c1C1=N[C@@](C)(C(=O)O)CS1. The number of aliphatic imine (C=N–C) groups is 1. The summed E-state index contributed by atoms with van der Waals surface area (Å²) in [6, 6.07) is 4.89. The number of rotatable bonds is 24. The van der Waals surface area contributed by atoms with Gasteiger partial charge in [-0.2, -0.15) is 0 Å². The molecule has 1 aliphatic rings. The summed E-state index contributed by atoms with van der Waals surface area (Å²) in [4.78, 5) is 15.8. The Bertz CT molecular complexity index is 857. The summed E-state index contributed by atoms with van der Waals surface area (Å²) in [6.45, 7) is 8.06. The van der Waals surface area contributed by atoms with Crippen molar-refractivity contribution < 1.29 is 52.9 Å². The van der Waals surface area contributed by atoms with E-state index in [1.165, 1.54) is 17.8 Å². The smallest absolute Gasteiger partial charge is 0.332 e. The number of ether oxygens (including phenoxy) is 8. The van der Waals surface area contributed by atoms with Crippen LogP contribution in [0, 0.1) is 0 Å². The highest BCUT2D eigenvalue weighted by molar-refractivity contribution is 8.14. The van der Waals surface area contributed by atoms with E-state index < -0.39 is 11.5 Å². The number of aliphatic carboxylic acids is 1. The van der Waals surface area contributed by atoms with Crippen molar-refractivity contribution >= 4 is 22.8 Å². The van der Waals surface area contributed by atoms with E-state index in [9.17, 15) is 15.0 Å². The lowest BCUT2D eigenvalue weighted by Crippen LogP contribution is -2.33. The predicted molar refractivity (Wildman–Crippen MR) is 145 cm³/mol. The van der Waals surface area contributed by atoms with Crippen molar-refractivity contribution in [2.75, 3.05) is 105 Å². The van der Waals surface area contributed by atoms with Gasteiger partial charge in [0.2, 0.25) is 0 Å². The Morgan fingerprint density at radius 2 is 1.28 bits per heavy atom. The van der Waals surface area contributed by atoms with Gasteiger partial charge in [-0.3, -0.25) is 4.99 Å². The Kier molecular flexibility index (Phi) is 17.0. The highest BCUT2D eigenvalue weighted by Gasteiger charge is 2.39. The second kappa shape index (κ2) is 20.0. The summed E-state index contributed by atoms with van der Waals surface area (Å²) in [5, 5.41) is 20.2. The molecule has 1 aliphatic heterocycles. The van der Waals surface area contributed by atoms with Crippen molar-refractivity contribution in [1.82, 2.24) is 0 Å². The van der Waals surface area contributed by atoms with Gasteiger partial charge in [0, 0.05) is 12.9 Å². The van der Waals surface area contributed by atoms with E-state index in [0.717, 1.165) is 0 Å². The fourth-order valence-corrected chi connectivity index (χ4v) is 4.37. The van der Waals surface area contributed by atoms with Crippen molar-refractivity contribution in [3.63, 3.8) is 0 Å². The number of carbonyl (C=O) groups is 1. The molecule has 0 saturated carbocycles. The lowest BCUT2D eigenvalue weighted by Gasteiger charge is -2.13. The third-order valence-electron chi connectivity index (χ3n) is 5.29. The van der Waals surface area contributed by atoms with Crippen LogP contribution in [0.15, 0.2) is 23.2 Å². The van der Waals surface area contributed by atoms with Gasteiger partial charge in [0.25, 0.3) is 0 Å². The van der Waals surface area contributed by atoms with Crippen LogP contribution in [0.4, 0.5) is 0 Å². The van der Waals surface area contributed by atoms with Gasteiger partial charge in [-0.05, 0) is 19.1 Å². The molecule has 0 spiro atoms. The van der Waals surface area contributed by atoms with E-state index in [1.807, 2.05) is 0 Å². The number of aromatic hydroxyl groups is 1. The minimum atomic E-state index is -1.22. The summed E-state index contributed by atoms with van der Waals surface area (Å²) < 4.78 is 43.2. The second-order valence-electron chi connectivity index (χ2n) is 8.45. The lowest BCUT2D eigenvalue weighted by molar-refractivity contribution is -0.141. The number of methoxy groups -OCH3 is 1. The first kappa shape index (κ1) is 33.2. The first-order valence-electron chi connectivity index (χ1n) is 12.8. The summed E-state index contributed by atoms with van der Waals surface area (Å²) in [5.74, 6) is -0.308. The van der Waals surface area contributed by atoms with Crippen molar-refractivity contribution in [1.29, 1.82) is 0 Å². The molecule has 0 saturated heterocycles. The number of nitrogens with zero attached hydrogens (tertiary/aromatic N) is 1. The zero-order valence-electron chi connectivity index (χ0n) is 22.8. The van der Waals surface area contributed by atoms with Gasteiger partial charge in [-0.15, -0.1) is 11.8 Å². The molecule has 1 aromatic rings. The zero-order valence-corrected chi connectivity index (χ0v) is 23.6. The monoisotopic (exact) mass is 575 g/mol. The van der Waals surface area contributed by atoms with Crippen molar-refractivity contribution in [2.24, 2.45) is 4.99 Å². The highest BCUT2D eigenvalue weighted by atomic mass is 32.2. The molecule has 0 aromatic heterocycles. The third-order valence-corrected chi connectivity index (χ3v) is 6.57. The molecule has 0 fully saturated rings. The highest BCUT2D eigenvalue weighted by Crippen LogP contribution is 2.38. The maximum Gasteiger partial charge on any atom is 0.332 e. The zero-order chi connectivity index (χ0) is 28.2. The number of hydrogen-bond acceptors (Lipinski definition) is 12. The van der Waals surface area contributed by atoms with Crippen LogP contribution in [-0.4, -0.2) is 132 Å². The largest absolute Gasteiger partial charge is 0.507 e. The van der Waals surface area contributed by atoms with E-state index in [4.69, 9.17) is 37.9 Å². The Morgan fingerprint density at radius 3 is 1.72 bits per heavy atom. The number of benzene rings is 1. The van der Waals surface area contributed by atoms with E-state index in [0.29, 0.717) is 102 Å². The molecule has 1 heterocycles. The molecule has 0 aliphatic carbocycles. The molecular weight excluding hydrogens is 534 g/mol. The van der Waals surface area contributed by atoms with E-state index in [1.54, 1.807) is 26.2 Å². The number of hydrogen-bond donors (Lipinski definition) is 2. The van der Waals surface area contributed by atoms with Crippen molar-refractivity contribution in [3.8, 4) is 11.5 Å². The van der Waals surface area contributed by atoms with Crippen LogP contribution in [0.25, 0.3) is 0 Å². The molecule has 1 atom stereocenters. The number of carboxylic acid groups (broad SMARTS) is 1. The van der Waals surface area contributed by atoms with Crippen LogP contribution >= 0.6 is 11.8 Å². The van der Waals surface area contributed by atoms with Crippen LogP contribution < -0.4 is 4.74 Å². The van der Waals surface area contributed by atoms with Crippen LogP contribution in [0.2, 0.25) is 0 Å². The average molecular weight is 576 g/mol. The molecule has 0 radical (unpaired) electrons. The van der Waals surface area contributed by atoms with Crippen LogP contribution in [0.1, 0.15) is 12.5 Å². The summed E-state index contributed by atoms with van der Waals surface area (Å²) in [5.41, 5.74) is -0.828. The summed E-state index contributed by atoms with van der Waals surface area (Å²) >= 11 is 1.28. The topological polar surface area (TPSA) is 144 Å². The minimum Gasteiger partial charge on any atom is -0.507 e. The van der Waals surface area contributed by atoms with Crippen molar-refractivity contribution in [3.05, 3.63) is 23.8 Å². The maximum atomic E-state index is 11.5. The Hall–Kier alpha value is -1.97. The Balaban J connectivity index is 1.43. The first-order valence-corrected chi connectivity index (χ1v) is 13.8. The molecule has 0 amide bonds. The molecule has 39 heavy (non-hydrogen) atoms. The standard InChI is InChI=1S/C26H41NO11S/c1-26(25(29)30)20-39-24(27-26)23-21(28)4-3-5-22(23)38-19-18-37-17-16-36-15-14-35-13-12-34-11-10-33-9-8-32-7-6-31-2/h3-5,28H,6-20H2,1-2H3,(H,29,30)/t26-/m1/s1. The molecule has 2 rings (SSSR count). The number of phenolic OH excluding ortho intramolecular Hbond substituents is 1. The van der Waals surface area contributed by atoms with Gasteiger partial charge in [0.15, 0.2) is 5.54 Å². The molecule has 13 heteroatoms. The maximum absolute atomic E-state index is 11.5. The van der Waals surface area contributed by atoms with Gasteiger partial charge in [0.1, 0.15) is 23.1 Å². The fraction of sp³-hybridized carbons (Fsp3) is 0.692. The van der Waals surface area contributed by atoms with Crippen LogP contribution in [0.3, 0.4) is 0 Å². The quantitative estimate of drug-likeness (QED) is 0.174. The van der Waals surface area contributed by atoms with Gasteiger partial charge in [-0.1, -0.05) is 6.07 Å². The predicted octanol–water partition coefficient (Wildman–Crippen LogP) is 1.85. The van der Waals surface area contributed by atoms with Gasteiger partial charge >= 0.3 is 5.97 Å². The Labute approximate surface area is 233 Å². The molecule has 0 bridgehead atoms. The number of phenols is 1. The summed E-state index contributed by atoms with van der Waals surface area (Å²) in [6.07, 6.45) is 0. The van der Waals surface area contributed by atoms with Crippen molar-refractivity contribution in [2.45, 2.75) is 12.5 Å². The number of carboxylic acids is 1. The molecule has 12 nitrogen and oxygen atoms in total. The second-order valence-corrected chi connectivity index (χ2v) is 9.41. The molecular formula is C26H41NO11S. The van der Waals surface area contributed by atoms with Gasteiger partial charge < -0.3 is 48.1 Å². The minimum absolute atomic E-state index is 0.0129. The normalized spacial score (nSPS) is 16.9. The van der Waals surface area contributed by atoms with E-state index >= 15 is 0 Å². The van der Waals surface area contributed by atoms with Crippen LogP contribution in [0.5, 0.6) is 11.5 Å². The third kappa shape index (κ3) is 13.3. The lowest BCUT2D eigenvalue weighted by atomic mass is 10.1. The van der Waals surface area contributed by atoms with Gasteiger partial charge in [-0.25, -0.2) is 4.79 Å². The molecule has 2 N–H and O–H groups in total. The fourth-order valence-electron chi connectivity index (χ4n) is 3.14. The molecule has 0 unspecified atom stereocenters. The Morgan fingerprint density at radius 1 is 0.821 bits per heavy atom. The van der Waals surface area contributed by atoms with E-state index in [-0.39, 0.29) is 18.1 Å². The average Bonchev–Trinajstić information content (AvgIpc) is 3.32.